The number of nitriles is 3. The van der Waals surface area contributed by atoms with Crippen molar-refractivity contribution in [3.8, 4) is 35.2 Å². The molecule has 1 fully saturated rings. The van der Waals surface area contributed by atoms with Gasteiger partial charge >= 0.3 is 0 Å². The summed E-state index contributed by atoms with van der Waals surface area (Å²) in [6.07, 6.45) is 0.427. The summed E-state index contributed by atoms with van der Waals surface area (Å²) < 4.78 is 5.72. The number of hydrogen-bond acceptors (Lipinski definition) is 7. The molecule has 0 bridgehead atoms. The Bertz CT molecular complexity index is 1080. The molecule has 1 N–H and O–H groups in total. The molecule has 1 saturated heterocycles. The van der Waals surface area contributed by atoms with E-state index >= 15 is 0 Å². The number of aromatic nitrogens is 1. The Balaban J connectivity index is 2.04. The molecule has 0 saturated carbocycles. The zero-order chi connectivity index (χ0) is 21.3. The lowest BCUT2D eigenvalue weighted by Gasteiger charge is -2.48. The Kier molecular flexibility index (Phi) is 5.04. The normalized spacial score (nSPS) is 21.4. The molecule has 2 aliphatic rings. The number of pyridine rings is 1. The monoisotopic (exact) mass is 399 g/mol. The standard InChI is InChI=1S/C23H21N5O2/c1-2-30-22-18(12-24)20(15-6-4-3-5-7-15)17-11-23(13-25,14-26)19-10-16(29)8-9-28(19)21(17)27-22/h3-7,16,19,29H,2,8-11H2,1H3/t16-,19-/m1/s1. The van der Waals surface area contributed by atoms with E-state index in [2.05, 4.69) is 23.2 Å². The van der Waals surface area contributed by atoms with Crippen LogP contribution in [-0.4, -0.2) is 35.4 Å². The summed E-state index contributed by atoms with van der Waals surface area (Å²) in [5, 5.41) is 40.2. The highest BCUT2D eigenvalue weighted by molar-refractivity contribution is 5.81. The number of hydrogen-bond donors (Lipinski definition) is 1. The Morgan fingerprint density at radius 1 is 1.23 bits per heavy atom. The third-order valence-corrected chi connectivity index (χ3v) is 5.97. The summed E-state index contributed by atoms with van der Waals surface area (Å²) in [6.45, 7) is 2.67. The van der Waals surface area contributed by atoms with Crippen LogP contribution in [0.1, 0.15) is 30.9 Å². The highest BCUT2D eigenvalue weighted by Crippen LogP contribution is 2.49. The van der Waals surface area contributed by atoms with E-state index in [1.807, 2.05) is 42.2 Å². The van der Waals surface area contributed by atoms with Crippen molar-refractivity contribution in [3.05, 3.63) is 41.5 Å². The van der Waals surface area contributed by atoms with Crippen molar-refractivity contribution in [1.29, 1.82) is 15.8 Å². The molecule has 7 nitrogen and oxygen atoms in total. The molecule has 150 valence electrons. The van der Waals surface area contributed by atoms with E-state index in [1.165, 1.54) is 0 Å². The molecule has 2 atom stereocenters. The average molecular weight is 399 g/mol. The second-order valence-electron chi connectivity index (χ2n) is 7.64. The zero-order valence-electron chi connectivity index (χ0n) is 16.7. The molecule has 2 aliphatic heterocycles. The van der Waals surface area contributed by atoms with E-state index in [0.717, 1.165) is 5.56 Å². The second kappa shape index (κ2) is 7.67. The second-order valence-corrected chi connectivity index (χ2v) is 7.64. The molecular weight excluding hydrogens is 378 g/mol. The number of aliphatic hydroxyl groups is 1. The van der Waals surface area contributed by atoms with Crippen LogP contribution in [0.5, 0.6) is 5.88 Å². The first-order chi connectivity index (χ1) is 14.6. The van der Waals surface area contributed by atoms with Gasteiger partial charge in [0.1, 0.15) is 17.5 Å². The van der Waals surface area contributed by atoms with Crippen molar-refractivity contribution < 1.29 is 9.84 Å². The number of ether oxygens (including phenoxy) is 1. The predicted octanol–water partition coefficient (Wildman–Crippen LogP) is 2.94. The lowest BCUT2D eigenvalue weighted by Crippen LogP contribution is -2.57. The maximum atomic E-state index is 10.2. The van der Waals surface area contributed by atoms with Gasteiger partial charge in [-0.05, 0) is 25.3 Å². The van der Waals surface area contributed by atoms with E-state index in [1.54, 1.807) is 0 Å². The summed E-state index contributed by atoms with van der Waals surface area (Å²) in [6, 6.07) is 15.7. The Morgan fingerprint density at radius 3 is 2.60 bits per heavy atom. The van der Waals surface area contributed by atoms with E-state index < -0.39 is 17.6 Å². The van der Waals surface area contributed by atoms with Crippen molar-refractivity contribution in [2.24, 2.45) is 5.41 Å². The summed E-state index contributed by atoms with van der Waals surface area (Å²) in [5.41, 5.74) is 1.15. The van der Waals surface area contributed by atoms with E-state index in [4.69, 9.17) is 4.74 Å². The molecule has 4 rings (SSSR count). The number of anilines is 1. The molecule has 1 aromatic carbocycles. The maximum Gasteiger partial charge on any atom is 0.234 e. The van der Waals surface area contributed by atoms with Crippen LogP contribution >= 0.6 is 0 Å². The fraction of sp³-hybridized carbons (Fsp3) is 0.391. The Morgan fingerprint density at radius 2 is 1.97 bits per heavy atom. The quantitative estimate of drug-likeness (QED) is 0.843. The van der Waals surface area contributed by atoms with Gasteiger partial charge in [0, 0.05) is 24.1 Å². The minimum Gasteiger partial charge on any atom is -0.477 e. The third-order valence-electron chi connectivity index (χ3n) is 5.97. The van der Waals surface area contributed by atoms with Crippen LogP contribution in [0, 0.1) is 39.4 Å². The summed E-state index contributed by atoms with van der Waals surface area (Å²) >= 11 is 0. The molecule has 0 amide bonds. The molecule has 0 aliphatic carbocycles. The van der Waals surface area contributed by atoms with Crippen LogP contribution in [0.2, 0.25) is 0 Å². The number of rotatable bonds is 3. The molecule has 1 aromatic heterocycles. The van der Waals surface area contributed by atoms with E-state index in [9.17, 15) is 20.9 Å². The van der Waals surface area contributed by atoms with Crippen LogP contribution in [0.25, 0.3) is 11.1 Å². The molecule has 3 heterocycles. The fourth-order valence-electron chi connectivity index (χ4n) is 4.58. The van der Waals surface area contributed by atoms with Gasteiger partial charge in [0.05, 0.1) is 30.9 Å². The van der Waals surface area contributed by atoms with E-state index in [0.29, 0.717) is 48.5 Å². The first kappa shape index (κ1) is 19.7. The van der Waals surface area contributed by atoms with Crippen molar-refractivity contribution in [1.82, 2.24) is 4.98 Å². The van der Waals surface area contributed by atoms with Crippen molar-refractivity contribution >= 4 is 5.82 Å². The number of aliphatic hydroxyl groups excluding tert-OH is 1. The molecule has 0 unspecified atom stereocenters. The average Bonchev–Trinajstić information content (AvgIpc) is 2.78. The van der Waals surface area contributed by atoms with Gasteiger partial charge in [-0.2, -0.15) is 20.8 Å². The van der Waals surface area contributed by atoms with Gasteiger partial charge in [0.2, 0.25) is 5.88 Å². The number of benzene rings is 1. The smallest absolute Gasteiger partial charge is 0.234 e. The van der Waals surface area contributed by atoms with Gasteiger partial charge < -0.3 is 14.7 Å². The molecular formula is C23H21N5O2. The van der Waals surface area contributed by atoms with Gasteiger partial charge in [-0.15, -0.1) is 0 Å². The lowest BCUT2D eigenvalue weighted by molar-refractivity contribution is 0.108. The molecule has 7 heteroatoms. The Hall–Kier alpha value is -3.60. The number of piperidine rings is 1. The molecule has 0 spiro atoms. The molecule has 2 aromatic rings. The summed E-state index contributed by atoms with van der Waals surface area (Å²) in [5.74, 6) is 0.887. The van der Waals surface area contributed by atoms with Gasteiger partial charge in [-0.25, -0.2) is 0 Å². The zero-order valence-corrected chi connectivity index (χ0v) is 16.7. The minimum atomic E-state index is -1.33. The predicted molar refractivity (Wildman–Crippen MR) is 109 cm³/mol. The van der Waals surface area contributed by atoms with Gasteiger partial charge in [0.15, 0.2) is 5.41 Å². The maximum absolute atomic E-state index is 10.2. The van der Waals surface area contributed by atoms with Crippen LogP contribution < -0.4 is 9.64 Å². The topological polar surface area (TPSA) is 117 Å². The van der Waals surface area contributed by atoms with Crippen LogP contribution in [0.3, 0.4) is 0 Å². The number of nitrogens with zero attached hydrogens (tertiary/aromatic N) is 5. The van der Waals surface area contributed by atoms with E-state index in [-0.39, 0.29) is 12.3 Å². The SMILES string of the molecule is CCOc1nc2c(c(-c3ccccc3)c1C#N)CC(C#N)(C#N)[C@H]1C[C@H](O)CCN21. The van der Waals surface area contributed by atoms with Crippen molar-refractivity contribution in [2.75, 3.05) is 18.1 Å². The first-order valence-electron chi connectivity index (χ1n) is 10.0. The Labute approximate surface area is 175 Å². The van der Waals surface area contributed by atoms with Gasteiger partial charge in [-0.3, -0.25) is 0 Å². The van der Waals surface area contributed by atoms with Crippen molar-refractivity contribution in [3.63, 3.8) is 0 Å². The first-order valence-corrected chi connectivity index (χ1v) is 10.0. The lowest BCUT2D eigenvalue weighted by atomic mass is 9.69. The number of fused-ring (bicyclic) bond motifs is 3. The van der Waals surface area contributed by atoms with Gasteiger partial charge in [0.25, 0.3) is 0 Å². The molecule has 30 heavy (non-hydrogen) atoms. The highest BCUT2D eigenvalue weighted by Gasteiger charge is 2.51. The van der Waals surface area contributed by atoms with Crippen molar-refractivity contribution in [2.45, 2.75) is 38.3 Å². The molecule has 0 radical (unpaired) electrons. The fourth-order valence-corrected chi connectivity index (χ4v) is 4.58. The highest BCUT2D eigenvalue weighted by atomic mass is 16.5. The van der Waals surface area contributed by atoms with Crippen LogP contribution in [0.4, 0.5) is 5.82 Å². The minimum absolute atomic E-state index is 0.140. The van der Waals surface area contributed by atoms with Crippen LogP contribution in [0.15, 0.2) is 30.3 Å². The largest absolute Gasteiger partial charge is 0.477 e. The van der Waals surface area contributed by atoms with Crippen LogP contribution in [-0.2, 0) is 6.42 Å². The summed E-state index contributed by atoms with van der Waals surface area (Å²) in [7, 11) is 0. The summed E-state index contributed by atoms with van der Waals surface area (Å²) in [4.78, 5) is 6.64. The van der Waals surface area contributed by atoms with Gasteiger partial charge in [-0.1, -0.05) is 30.3 Å². The third kappa shape index (κ3) is 2.94.